The Balaban J connectivity index is 1.81. The van der Waals surface area contributed by atoms with Crippen molar-refractivity contribution in [3.05, 3.63) is 18.5 Å². The van der Waals surface area contributed by atoms with Crippen LogP contribution in [0, 0.1) is 0 Å². The van der Waals surface area contributed by atoms with Gasteiger partial charge in [-0.1, -0.05) is 6.42 Å². The smallest absolute Gasteiger partial charge is 0.0536 e. The number of rotatable bonds is 5. The predicted molar refractivity (Wildman–Crippen MR) is 65.4 cm³/mol. The van der Waals surface area contributed by atoms with Crippen molar-refractivity contribution >= 4 is 0 Å². The van der Waals surface area contributed by atoms with Crippen LogP contribution >= 0.6 is 0 Å². The van der Waals surface area contributed by atoms with Gasteiger partial charge in [-0.2, -0.15) is 5.10 Å². The highest BCUT2D eigenvalue weighted by molar-refractivity contribution is 4.81. The van der Waals surface area contributed by atoms with Crippen LogP contribution in [0.5, 0.6) is 0 Å². The SMILES string of the molecule is CNCC1CCCCN1CCn1cccn1. The molecule has 0 aromatic carbocycles. The summed E-state index contributed by atoms with van der Waals surface area (Å²) in [4.78, 5) is 2.60. The van der Waals surface area contributed by atoms with Gasteiger partial charge in [0.15, 0.2) is 0 Å². The maximum atomic E-state index is 4.25. The second-order valence-electron chi connectivity index (χ2n) is 4.51. The lowest BCUT2D eigenvalue weighted by Gasteiger charge is -2.35. The second kappa shape index (κ2) is 6.01. The van der Waals surface area contributed by atoms with Crippen molar-refractivity contribution in [2.45, 2.75) is 31.8 Å². The molecule has 0 saturated carbocycles. The highest BCUT2D eigenvalue weighted by atomic mass is 15.3. The summed E-state index contributed by atoms with van der Waals surface area (Å²) in [5.41, 5.74) is 0. The van der Waals surface area contributed by atoms with Crippen LogP contribution in [0.2, 0.25) is 0 Å². The monoisotopic (exact) mass is 222 g/mol. The molecule has 1 saturated heterocycles. The molecule has 2 heterocycles. The van der Waals surface area contributed by atoms with E-state index in [0.29, 0.717) is 6.04 Å². The molecule has 2 rings (SSSR count). The van der Waals surface area contributed by atoms with Crippen LogP contribution < -0.4 is 5.32 Å². The van der Waals surface area contributed by atoms with E-state index in [1.807, 2.05) is 30.2 Å². The first-order valence-electron chi connectivity index (χ1n) is 6.26. The largest absolute Gasteiger partial charge is 0.318 e. The lowest BCUT2D eigenvalue weighted by molar-refractivity contribution is 0.140. The van der Waals surface area contributed by atoms with Crippen LogP contribution in [-0.2, 0) is 6.54 Å². The van der Waals surface area contributed by atoms with Gasteiger partial charge in [-0.15, -0.1) is 0 Å². The van der Waals surface area contributed by atoms with Gasteiger partial charge in [0.2, 0.25) is 0 Å². The normalized spacial score (nSPS) is 22.4. The summed E-state index contributed by atoms with van der Waals surface area (Å²) in [6.07, 6.45) is 7.95. The Hall–Kier alpha value is -0.870. The zero-order chi connectivity index (χ0) is 11.2. The molecule has 16 heavy (non-hydrogen) atoms. The number of likely N-dealkylation sites (tertiary alicyclic amines) is 1. The number of likely N-dealkylation sites (N-methyl/N-ethyl adjacent to an activating group) is 1. The van der Waals surface area contributed by atoms with Crippen LogP contribution in [0.4, 0.5) is 0 Å². The Morgan fingerprint density at radius 3 is 3.06 bits per heavy atom. The summed E-state index contributed by atoms with van der Waals surface area (Å²) in [5.74, 6) is 0. The minimum atomic E-state index is 0.717. The Labute approximate surface area is 97.6 Å². The molecule has 1 aromatic heterocycles. The van der Waals surface area contributed by atoms with E-state index in [4.69, 9.17) is 0 Å². The summed E-state index contributed by atoms with van der Waals surface area (Å²) in [5, 5.41) is 7.54. The highest BCUT2D eigenvalue weighted by Gasteiger charge is 2.20. The minimum absolute atomic E-state index is 0.717. The van der Waals surface area contributed by atoms with E-state index in [1.54, 1.807) is 0 Å². The van der Waals surface area contributed by atoms with Gasteiger partial charge in [-0.3, -0.25) is 9.58 Å². The average molecular weight is 222 g/mol. The maximum Gasteiger partial charge on any atom is 0.0536 e. The Bertz CT molecular complexity index is 281. The van der Waals surface area contributed by atoms with Crippen molar-refractivity contribution in [3.63, 3.8) is 0 Å². The van der Waals surface area contributed by atoms with Crippen molar-refractivity contribution in [1.29, 1.82) is 0 Å². The van der Waals surface area contributed by atoms with Gasteiger partial charge >= 0.3 is 0 Å². The zero-order valence-electron chi connectivity index (χ0n) is 10.1. The van der Waals surface area contributed by atoms with E-state index in [9.17, 15) is 0 Å². The third kappa shape index (κ3) is 3.06. The number of hydrogen-bond donors (Lipinski definition) is 1. The molecule has 0 spiro atoms. The van der Waals surface area contributed by atoms with Gasteiger partial charge in [0, 0.05) is 31.5 Å². The van der Waals surface area contributed by atoms with Crippen LogP contribution in [0.15, 0.2) is 18.5 Å². The molecule has 1 aliphatic rings. The lowest BCUT2D eigenvalue weighted by Crippen LogP contribution is -2.46. The number of aromatic nitrogens is 2. The van der Waals surface area contributed by atoms with Crippen LogP contribution in [0.25, 0.3) is 0 Å². The van der Waals surface area contributed by atoms with Gasteiger partial charge in [0.25, 0.3) is 0 Å². The van der Waals surface area contributed by atoms with Gasteiger partial charge in [0.1, 0.15) is 0 Å². The fraction of sp³-hybridized carbons (Fsp3) is 0.750. The first kappa shape index (κ1) is 11.6. The third-order valence-electron chi connectivity index (χ3n) is 3.36. The van der Waals surface area contributed by atoms with E-state index in [0.717, 1.165) is 19.6 Å². The first-order chi connectivity index (χ1) is 7.90. The maximum absolute atomic E-state index is 4.25. The van der Waals surface area contributed by atoms with Gasteiger partial charge < -0.3 is 5.32 Å². The molecule has 4 heteroatoms. The summed E-state index contributed by atoms with van der Waals surface area (Å²) in [6.45, 7) is 4.48. The molecule has 1 fully saturated rings. The molecular weight excluding hydrogens is 200 g/mol. The molecule has 0 radical (unpaired) electrons. The quantitative estimate of drug-likeness (QED) is 0.805. The topological polar surface area (TPSA) is 33.1 Å². The molecule has 1 unspecified atom stereocenters. The molecule has 0 bridgehead atoms. The van der Waals surface area contributed by atoms with Crippen molar-refractivity contribution < 1.29 is 0 Å². The zero-order valence-corrected chi connectivity index (χ0v) is 10.1. The number of nitrogens with zero attached hydrogens (tertiary/aromatic N) is 3. The van der Waals surface area contributed by atoms with Crippen molar-refractivity contribution in [1.82, 2.24) is 20.0 Å². The van der Waals surface area contributed by atoms with Crippen molar-refractivity contribution in [3.8, 4) is 0 Å². The van der Waals surface area contributed by atoms with Crippen molar-refractivity contribution in [2.24, 2.45) is 0 Å². The Morgan fingerprint density at radius 2 is 2.31 bits per heavy atom. The van der Waals surface area contributed by atoms with Crippen molar-refractivity contribution in [2.75, 3.05) is 26.7 Å². The van der Waals surface area contributed by atoms with Crippen LogP contribution in [0.3, 0.4) is 0 Å². The summed E-state index contributed by atoms with van der Waals surface area (Å²) in [7, 11) is 2.04. The fourth-order valence-corrected chi connectivity index (χ4v) is 2.48. The molecule has 1 aromatic rings. The molecular formula is C12H22N4. The summed E-state index contributed by atoms with van der Waals surface area (Å²) < 4.78 is 2.02. The Morgan fingerprint density at radius 1 is 1.38 bits per heavy atom. The van der Waals surface area contributed by atoms with Gasteiger partial charge in [-0.25, -0.2) is 0 Å². The summed E-state index contributed by atoms with van der Waals surface area (Å²) >= 11 is 0. The molecule has 0 aliphatic carbocycles. The average Bonchev–Trinajstić information content (AvgIpc) is 2.81. The third-order valence-corrected chi connectivity index (χ3v) is 3.36. The molecule has 1 atom stereocenters. The standard InChI is InChI=1S/C12H22N4/c1-13-11-12-5-2-3-7-15(12)9-10-16-8-4-6-14-16/h4,6,8,12-13H,2-3,5,7,9-11H2,1H3. The van der Waals surface area contributed by atoms with Crippen LogP contribution in [0.1, 0.15) is 19.3 Å². The molecule has 4 nitrogen and oxygen atoms in total. The number of hydrogen-bond acceptors (Lipinski definition) is 3. The number of nitrogens with one attached hydrogen (secondary N) is 1. The molecule has 1 N–H and O–H groups in total. The summed E-state index contributed by atoms with van der Waals surface area (Å²) in [6, 6.07) is 2.70. The molecule has 1 aliphatic heterocycles. The Kier molecular flexibility index (Phi) is 4.36. The van der Waals surface area contributed by atoms with E-state index in [1.165, 1.54) is 25.8 Å². The fourth-order valence-electron chi connectivity index (χ4n) is 2.48. The van der Waals surface area contributed by atoms with E-state index in [-0.39, 0.29) is 0 Å². The predicted octanol–water partition coefficient (Wildman–Crippen LogP) is 0.957. The van der Waals surface area contributed by atoms with Gasteiger partial charge in [-0.05, 0) is 32.5 Å². The molecule has 0 amide bonds. The van der Waals surface area contributed by atoms with Gasteiger partial charge in [0.05, 0.1) is 6.54 Å². The highest BCUT2D eigenvalue weighted by Crippen LogP contribution is 2.16. The van der Waals surface area contributed by atoms with Crippen LogP contribution in [-0.4, -0.2) is 47.4 Å². The van der Waals surface area contributed by atoms with E-state index < -0.39 is 0 Å². The van der Waals surface area contributed by atoms with E-state index >= 15 is 0 Å². The second-order valence-corrected chi connectivity index (χ2v) is 4.51. The lowest BCUT2D eigenvalue weighted by atomic mass is 10.0. The number of piperidine rings is 1. The first-order valence-corrected chi connectivity index (χ1v) is 6.26. The minimum Gasteiger partial charge on any atom is -0.318 e. The van der Waals surface area contributed by atoms with E-state index in [2.05, 4.69) is 15.3 Å². The molecule has 90 valence electrons.